The average molecular weight is 577 g/mol. The number of aliphatic hydroxyl groups excluding tert-OH is 1. The highest BCUT2D eigenvalue weighted by Crippen LogP contribution is 2.38. The summed E-state index contributed by atoms with van der Waals surface area (Å²) < 4.78 is 31.5. The zero-order chi connectivity index (χ0) is 28.7. The molecule has 3 rings (SSSR count). The Morgan fingerprint density at radius 2 is 1.38 bits per heavy atom. The van der Waals surface area contributed by atoms with Gasteiger partial charge in [0.15, 0.2) is 0 Å². The summed E-state index contributed by atoms with van der Waals surface area (Å²) in [6.07, 6.45) is 4.50. The number of hydrogen-bond donors (Lipinski definition) is 1. The lowest BCUT2D eigenvalue weighted by molar-refractivity contribution is -0.266. The molecular formula is C33H49ClO6. The number of ether oxygens (including phenoxy) is 5. The van der Waals surface area contributed by atoms with E-state index in [9.17, 15) is 5.11 Å². The molecule has 0 bridgehead atoms. The summed E-state index contributed by atoms with van der Waals surface area (Å²) >= 11 is 6.69. The van der Waals surface area contributed by atoms with Crippen LogP contribution in [-0.4, -0.2) is 62.6 Å². The van der Waals surface area contributed by atoms with Gasteiger partial charge in [0.25, 0.3) is 0 Å². The van der Waals surface area contributed by atoms with Crippen molar-refractivity contribution in [1.82, 2.24) is 0 Å². The zero-order valence-corrected chi connectivity index (χ0v) is 25.5. The van der Waals surface area contributed by atoms with E-state index >= 15 is 0 Å². The number of halogens is 1. The molecule has 0 aromatic heterocycles. The van der Waals surface area contributed by atoms with Crippen molar-refractivity contribution in [2.24, 2.45) is 0 Å². The smallest absolute Gasteiger partial charge is 0.119 e. The molecule has 0 unspecified atom stereocenters. The first kappa shape index (κ1) is 32.8. The fourth-order valence-corrected chi connectivity index (χ4v) is 5.18. The molecule has 1 saturated heterocycles. The molecule has 2 aromatic carbocycles. The van der Waals surface area contributed by atoms with Crippen molar-refractivity contribution in [3.05, 3.63) is 64.2 Å². The van der Waals surface area contributed by atoms with E-state index in [0.717, 1.165) is 61.0 Å². The summed E-state index contributed by atoms with van der Waals surface area (Å²) in [5.74, 6) is 0.855. The van der Waals surface area contributed by atoms with Gasteiger partial charge in [0.2, 0.25) is 0 Å². The van der Waals surface area contributed by atoms with Gasteiger partial charge in [0.05, 0.1) is 13.2 Å². The monoisotopic (exact) mass is 576 g/mol. The number of rotatable bonds is 18. The third-order valence-electron chi connectivity index (χ3n) is 7.27. The normalized spacial score (nSPS) is 22.9. The van der Waals surface area contributed by atoms with Crippen LogP contribution >= 0.6 is 11.6 Å². The highest BCUT2D eigenvalue weighted by molar-refractivity contribution is 6.31. The van der Waals surface area contributed by atoms with Gasteiger partial charge in [-0.05, 0) is 67.5 Å². The molecule has 1 heterocycles. The van der Waals surface area contributed by atoms with E-state index in [4.69, 9.17) is 35.3 Å². The lowest BCUT2D eigenvalue weighted by Gasteiger charge is -2.46. The van der Waals surface area contributed by atoms with Crippen LogP contribution in [-0.2, 0) is 25.4 Å². The molecule has 224 valence electrons. The van der Waals surface area contributed by atoms with Crippen molar-refractivity contribution >= 4 is 11.6 Å². The highest BCUT2D eigenvalue weighted by atomic mass is 35.5. The van der Waals surface area contributed by atoms with Crippen LogP contribution in [0.15, 0.2) is 42.5 Å². The number of benzene rings is 2. The quantitative estimate of drug-likeness (QED) is 0.188. The van der Waals surface area contributed by atoms with Crippen molar-refractivity contribution < 1.29 is 28.8 Å². The number of hydrogen-bond acceptors (Lipinski definition) is 6. The third kappa shape index (κ3) is 9.43. The molecule has 0 amide bonds. The molecule has 1 N–H and O–H groups in total. The Kier molecular flexibility index (Phi) is 14.8. The van der Waals surface area contributed by atoms with Gasteiger partial charge >= 0.3 is 0 Å². The molecule has 1 aliphatic heterocycles. The van der Waals surface area contributed by atoms with E-state index < -0.39 is 18.3 Å². The summed E-state index contributed by atoms with van der Waals surface area (Å²) in [7, 11) is 0. The first-order valence-corrected chi connectivity index (χ1v) is 15.5. The van der Waals surface area contributed by atoms with E-state index in [2.05, 4.69) is 39.0 Å². The van der Waals surface area contributed by atoms with Crippen LogP contribution in [0.3, 0.4) is 0 Å². The van der Waals surface area contributed by atoms with Crippen molar-refractivity contribution in [3.8, 4) is 5.75 Å². The van der Waals surface area contributed by atoms with Crippen LogP contribution in [0.5, 0.6) is 5.75 Å². The van der Waals surface area contributed by atoms with Crippen LogP contribution in [0, 0.1) is 0 Å². The van der Waals surface area contributed by atoms with E-state index in [-0.39, 0.29) is 18.8 Å². The lowest BCUT2D eigenvalue weighted by Crippen LogP contribution is -2.58. The minimum Gasteiger partial charge on any atom is -0.494 e. The first-order chi connectivity index (χ1) is 19.6. The molecule has 1 fully saturated rings. The van der Waals surface area contributed by atoms with Crippen molar-refractivity contribution in [1.29, 1.82) is 0 Å². The minimum atomic E-state index is -0.523. The Balaban J connectivity index is 1.92. The van der Waals surface area contributed by atoms with Gasteiger partial charge in [-0.1, -0.05) is 75.9 Å². The molecule has 0 aliphatic carbocycles. The third-order valence-corrected chi connectivity index (χ3v) is 7.63. The van der Waals surface area contributed by atoms with Gasteiger partial charge in [-0.2, -0.15) is 0 Å². The second-order valence-electron chi connectivity index (χ2n) is 10.4. The van der Waals surface area contributed by atoms with E-state index in [1.165, 1.54) is 0 Å². The maximum atomic E-state index is 10.4. The summed E-state index contributed by atoms with van der Waals surface area (Å²) in [5, 5.41) is 11.1. The summed E-state index contributed by atoms with van der Waals surface area (Å²) in [6, 6.07) is 14.1. The van der Waals surface area contributed by atoms with Crippen LogP contribution in [0.4, 0.5) is 0 Å². The SMILES string of the molecule is CCCCO[C@@H]1[C@@H](OCCCC)[C@H](c2ccc(Cl)c(Cc3ccc(OCC)cc3)c2)O[C@H](CO)[C@H]1OCCCC. The summed E-state index contributed by atoms with van der Waals surface area (Å²) in [5.41, 5.74) is 3.10. The Labute approximate surface area is 246 Å². The van der Waals surface area contributed by atoms with Crippen LogP contribution in [0.2, 0.25) is 5.02 Å². The predicted octanol–water partition coefficient (Wildman–Crippen LogP) is 7.32. The molecule has 7 heteroatoms. The largest absolute Gasteiger partial charge is 0.494 e. The van der Waals surface area contributed by atoms with Crippen molar-refractivity contribution in [3.63, 3.8) is 0 Å². The van der Waals surface area contributed by atoms with E-state index in [1.807, 2.05) is 31.2 Å². The molecule has 5 atom stereocenters. The Morgan fingerprint density at radius 1 is 0.775 bits per heavy atom. The summed E-state index contributed by atoms with van der Waals surface area (Å²) in [6.45, 7) is 10.7. The molecule has 40 heavy (non-hydrogen) atoms. The fraction of sp³-hybridized carbons (Fsp3) is 0.636. The molecule has 0 saturated carbocycles. The number of aliphatic hydroxyl groups is 1. The standard InChI is InChI=1S/C33H49ClO6/c1-5-9-18-37-31-29(23-35)40-30(32(38-19-10-6-2)33(31)39-20-11-7-3)25-14-17-28(34)26(22-25)21-24-12-15-27(16-13-24)36-8-4/h12-17,22,29-33,35H,5-11,18-21,23H2,1-4H3/t29-,30+,31-,32+,33+/m1/s1. The van der Waals surface area contributed by atoms with Gasteiger partial charge in [-0.3, -0.25) is 0 Å². The maximum absolute atomic E-state index is 10.4. The second-order valence-corrected chi connectivity index (χ2v) is 10.9. The maximum Gasteiger partial charge on any atom is 0.119 e. The Morgan fingerprint density at radius 3 is 1.95 bits per heavy atom. The second kappa shape index (κ2) is 18.0. The molecular weight excluding hydrogens is 528 g/mol. The molecule has 6 nitrogen and oxygen atoms in total. The van der Waals surface area contributed by atoms with Crippen LogP contribution < -0.4 is 4.74 Å². The number of unbranched alkanes of at least 4 members (excludes halogenated alkanes) is 3. The van der Waals surface area contributed by atoms with Gasteiger partial charge < -0.3 is 28.8 Å². The molecule has 0 spiro atoms. The molecule has 2 aromatic rings. The summed E-state index contributed by atoms with van der Waals surface area (Å²) in [4.78, 5) is 0. The lowest BCUT2D eigenvalue weighted by atomic mass is 9.89. The molecule has 1 aliphatic rings. The van der Waals surface area contributed by atoms with Gasteiger partial charge in [-0.15, -0.1) is 0 Å². The van der Waals surface area contributed by atoms with E-state index in [0.29, 0.717) is 37.9 Å². The minimum absolute atomic E-state index is 0.158. The topological polar surface area (TPSA) is 66.4 Å². The zero-order valence-electron chi connectivity index (χ0n) is 24.8. The first-order valence-electron chi connectivity index (χ1n) is 15.2. The van der Waals surface area contributed by atoms with Crippen molar-refractivity contribution in [2.75, 3.05) is 33.0 Å². The fourth-order valence-electron chi connectivity index (χ4n) is 4.99. The van der Waals surface area contributed by atoms with Crippen LogP contribution in [0.25, 0.3) is 0 Å². The predicted molar refractivity (Wildman–Crippen MR) is 161 cm³/mol. The Hall–Kier alpha value is -1.67. The van der Waals surface area contributed by atoms with Gasteiger partial charge in [0.1, 0.15) is 36.3 Å². The van der Waals surface area contributed by atoms with Gasteiger partial charge in [-0.25, -0.2) is 0 Å². The average Bonchev–Trinajstić information content (AvgIpc) is 2.96. The molecule has 0 radical (unpaired) electrons. The van der Waals surface area contributed by atoms with Crippen molar-refractivity contribution in [2.45, 2.75) is 103 Å². The highest BCUT2D eigenvalue weighted by Gasteiger charge is 2.48. The Bertz CT molecular complexity index is 968. The van der Waals surface area contributed by atoms with E-state index in [1.54, 1.807) is 0 Å². The van der Waals surface area contributed by atoms with Crippen LogP contribution in [0.1, 0.15) is 89.0 Å². The van der Waals surface area contributed by atoms with Gasteiger partial charge in [0, 0.05) is 24.8 Å².